The van der Waals surface area contributed by atoms with Crippen molar-refractivity contribution in [1.82, 2.24) is 4.98 Å². The number of nitrogens with zero attached hydrogens (tertiary/aromatic N) is 1. The van der Waals surface area contributed by atoms with E-state index in [1.54, 1.807) is 24.3 Å². The number of thiophene rings is 1. The number of hydrogen-bond acceptors (Lipinski definition) is 3. The molecule has 0 saturated carbocycles. The average Bonchev–Trinajstić information content (AvgIpc) is 2.97. The number of aromatic nitrogens is 1. The summed E-state index contributed by atoms with van der Waals surface area (Å²) in [7, 11) is 0. The molecule has 0 fully saturated rings. The molecule has 0 aliphatic heterocycles. The summed E-state index contributed by atoms with van der Waals surface area (Å²) in [6.07, 6.45) is 0. The van der Waals surface area contributed by atoms with E-state index < -0.39 is 0 Å². The van der Waals surface area contributed by atoms with Crippen LogP contribution in [0.15, 0.2) is 60.7 Å². The van der Waals surface area contributed by atoms with Crippen molar-refractivity contribution in [2.45, 2.75) is 0 Å². The predicted molar refractivity (Wildman–Crippen MR) is 96.5 cm³/mol. The third kappa shape index (κ3) is 2.79. The molecule has 23 heavy (non-hydrogen) atoms. The summed E-state index contributed by atoms with van der Waals surface area (Å²) in [4.78, 5) is 18.5. The van der Waals surface area contributed by atoms with Gasteiger partial charge in [-0.3, -0.25) is 4.79 Å². The molecule has 5 heteroatoms. The summed E-state index contributed by atoms with van der Waals surface area (Å²) >= 11 is 7.24. The van der Waals surface area contributed by atoms with Crippen molar-refractivity contribution in [2.75, 3.05) is 5.32 Å². The molecule has 0 radical (unpaired) electrons. The van der Waals surface area contributed by atoms with E-state index >= 15 is 0 Å². The molecule has 0 aliphatic carbocycles. The van der Waals surface area contributed by atoms with Crippen LogP contribution in [0.5, 0.6) is 0 Å². The summed E-state index contributed by atoms with van der Waals surface area (Å²) in [6.45, 7) is 0. The van der Waals surface area contributed by atoms with Gasteiger partial charge in [0.25, 0.3) is 5.91 Å². The van der Waals surface area contributed by atoms with E-state index in [-0.39, 0.29) is 5.91 Å². The topological polar surface area (TPSA) is 42.0 Å². The predicted octanol–water partition coefficient (Wildman–Crippen LogP) is 5.36. The second-order valence-corrected chi connectivity index (χ2v) is 6.61. The number of hydrogen-bond donors (Lipinski definition) is 1. The second-order valence-electron chi connectivity index (χ2n) is 5.15. The molecule has 112 valence electrons. The molecule has 4 aromatic rings. The number of para-hydroxylation sites is 1. The molecule has 0 aliphatic rings. The van der Waals surface area contributed by atoms with E-state index in [9.17, 15) is 4.79 Å². The molecule has 4 rings (SSSR count). The quantitative estimate of drug-likeness (QED) is 0.535. The Balaban J connectivity index is 1.69. The molecule has 0 atom stereocenters. The molecule has 0 spiro atoms. The molecule has 1 N–H and O–H groups in total. The van der Waals surface area contributed by atoms with Gasteiger partial charge in [0.2, 0.25) is 0 Å². The van der Waals surface area contributed by atoms with Gasteiger partial charge in [-0.1, -0.05) is 29.8 Å². The number of pyridine rings is 1. The first-order valence-electron chi connectivity index (χ1n) is 7.05. The van der Waals surface area contributed by atoms with E-state index in [4.69, 9.17) is 11.6 Å². The van der Waals surface area contributed by atoms with E-state index in [0.29, 0.717) is 9.90 Å². The molecule has 1 amide bonds. The van der Waals surface area contributed by atoms with Crippen molar-refractivity contribution in [3.05, 3.63) is 70.6 Å². The maximum Gasteiger partial charge on any atom is 0.265 e. The largest absolute Gasteiger partial charge is 0.321 e. The third-order valence-corrected chi connectivity index (χ3v) is 4.83. The highest BCUT2D eigenvalue weighted by atomic mass is 35.5. The monoisotopic (exact) mass is 338 g/mol. The third-order valence-electron chi connectivity index (χ3n) is 3.54. The minimum absolute atomic E-state index is 0.139. The Hall–Kier alpha value is -2.43. The Morgan fingerprint density at radius 3 is 2.61 bits per heavy atom. The zero-order valence-corrected chi connectivity index (χ0v) is 13.5. The van der Waals surface area contributed by atoms with Crippen molar-refractivity contribution in [1.29, 1.82) is 0 Å². The highest BCUT2D eigenvalue weighted by molar-refractivity contribution is 7.20. The van der Waals surface area contributed by atoms with Crippen molar-refractivity contribution in [2.24, 2.45) is 0 Å². The van der Waals surface area contributed by atoms with Crippen LogP contribution >= 0.6 is 22.9 Å². The fourth-order valence-corrected chi connectivity index (χ4v) is 3.46. The Labute approximate surface area is 141 Å². The standard InChI is InChI=1S/C18H11ClN2OS/c19-13-5-7-14(8-6-13)20-17(22)16-10-12-9-11-3-1-2-4-15(11)21-18(12)23-16/h1-10H,(H,20,22). The fraction of sp³-hybridized carbons (Fsp3) is 0. The van der Waals surface area contributed by atoms with Gasteiger partial charge in [-0.05, 0) is 42.5 Å². The highest BCUT2D eigenvalue weighted by Crippen LogP contribution is 2.28. The van der Waals surface area contributed by atoms with Gasteiger partial charge >= 0.3 is 0 Å². The molecule has 0 bridgehead atoms. The average molecular weight is 339 g/mol. The second kappa shape index (κ2) is 5.65. The van der Waals surface area contributed by atoms with Gasteiger partial charge in [-0.15, -0.1) is 11.3 Å². The maximum absolute atomic E-state index is 12.4. The first-order valence-corrected chi connectivity index (χ1v) is 8.25. The molecule has 2 heterocycles. The summed E-state index contributed by atoms with van der Waals surface area (Å²) in [5.41, 5.74) is 1.65. The Morgan fingerprint density at radius 1 is 1.00 bits per heavy atom. The van der Waals surface area contributed by atoms with Crippen LogP contribution < -0.4 is 5.32 Å². The fourth-order valence-electron chi connectivity index (χ4n) is 2.41. The van der Waals surface area contributed by atoms with E-state index in [2.05, 4.69) is 16.4 Å². The first-order chi connectivity index (χ1) is 11.2. The minimum Gasteiger partial charge on any atom is -0.321 e. The maximum atomic E-state index is 12.4. The number of carbonyl (C=O) groups excluding carboxylic acids is 1. The number of benzene rings is 2. The van der Waals surface area contributed by atoms with Crippen molar-refractivity contribution in [3.8, 4) is 0 Å². The van der Waals surface area contributed by atoms with Crippen molar-refractivity contribution >= 4 is 55.7 Å². The number of carbonyl (C=O) groups is 1. The lowest BCUT2D eigenvalue weighted by molar-refractivity contribution is 0.103. The van der Waals surface area contributed by atoms with Crippen LogP contribution in [0.4, 0.5) is 5.69 Å². The normalized spacial score (nSPS) is 11.0. The first kappa shape index (κ1) is 14.2. The molecule has 0 unspecified atom stereocenters. The van der Waals surface area contributed by atoms with Gasteiger partial charge < -0.3 is 5.32 Å². The Morgan fingerprint density at radius 2 is 1.78 bits per heavy atom. The van der Waals surface area contributed by atoms with Crippen LogP contribution in [-0.4, -0.2) is 10.9 Å². The molecular formula is C18H11ClN2OS. The summed E-state index contributed by atoms with van der Waals surface area (Å²) in [6, 6.07) is 18.9. The molecule has 0 saturated heterocycles. The van der Waals surface area contributed by atoms with Crippen LogP contribution in [0.25, 0.3) is 21.1 Å². The number of amides is 1. The van der Waals surface area contributed by atoms with Crippen LogP contribution in [0, 0.1) is 0 Å². The van der Waals surface area contributed by atoms with Crippen LogP contribution in [0.2, 0.25) is 5.02 Å². The number of anilines is 1. The smallest absolute Gasteiger partial charge is 0.265 e. The number of rotatable bonds is 2. The van der Waals surface area contributed by atoms with Crippen molar-refractivity contribution in [3.63, 3.8) is 0 Å². The molecule has 2 aromatic heterocycles. The Kier molecular flexibility index (Phi) is 3.48. The lowest BCUT2D eigenvalue weighted by Crippen LogP contribution is -2.09. The summed E-state index contributed by atoms with van der Waals surface area (Å²) in [5.74, 6) is -0.139. The van der Waals surface area contributed by atoms with Crippen LogP contribution in [0.3, 0.4) is 0 Å². The van der Waals surface area contributed by atoms with E-state index in [0.717, 1.165) is 26.8 Å². The van der Waals surface area contributed by atoms with E-state index in [1.165, 1.54) is 11.3 Å². The number of halogens is 1. The minimum atomic E-state index is -0.139. The van der Waals surface area contributed by atoms with Crippen LogP contribution in [0.1, 0.15) is 9.67 Å². The number of fused-ring (bicyclic) bond motifs is 2. The van der Waals surface area contributed by atoms with Crippen LogP contribution in [-0.2, 0) is 0 Å². The lowest BCUT2D eigenvalue weighted by Gasteiger charge is -2.02. The van der Waals surface area contributed by atoms with Gasteiger partial charge in [-0.2, -0.15) is 0 Å². The van der Waals surface area contributed by atoms with Gasteiger partial charge in [0.05, 0.1) is 10.4 Å². The van der Waals surface area contributed by atoms with Gasteiger partial charge in [0, 0.05) is 21.5 Å². The number of nitrogens with one attached hydrogen (secondary N) is 1. The van der Waals surface area contributed by atoms with E-state index in [1.807, 2.05) is 30.3 Å². The van der Waals surface area contributed by atoms with Gasteiger partial charge in [-0.25, -0.2) is 4.98 Å². The zero-order chi connectivity index (χ0) is 15.8. The lowest BCUT2D eigenvalue weighted by atomic mass is 10.2. The van der Waals surface area contributed by atoms with Gasteiger partial charge in [0.15, 0.2) is 0 Å². The highest BCUT2D eigenvalue weighted by Gasteiger charge is 2.12. The molecule has 3 nitrogen and oxygen atoms in total. The summed E-state index contributed by atoms with van der Waals surface area (Å²) in [5, 5.41) is 5.57. The molecular weight excluding hydrogens is 328 g/mol. The Bertz CT molecular complexity index is 972. The SMILES string of the molecule is O=C(Nc1ccc(Cl)cc1)c1cc2cc3ccccc3nc2s1. The zero-order valence-electron chi connectivity index (χ0n) is 11.9. The molecule has 2 aromatic carbocycles. The van der Waals surface area contributed by atoms with Crippen molar-refractivity contribution < 1.29 is 4.79 Å². The summed E-state index contributed by atoms with van der Waals surface area (Å²) < 4.78 is 0. The van der Waals surface area contributed by atoms with Gasteiger partial charge in [0.1, 0.15) is 4.83 Å².